The minimum Gasteiger partial charge on any atom is -0.480 e. The first-order chi connectivity index (χ1) is 11.6. The van der Waals surface area contributed by atoms with Crippen LogP contribution in [0, 0.1) is 0 Å². The molecule has 0 aliphatic carbocycles. The zero-order valence-electron chi connectivity index (χ0n) is 13.7. The third-order valence-corrected chi connectivity index (χ3v) is 4.15. The van der Waals surface area contributed by atoms with Gasteiger partial charge in [-0.3, -0.25) is 9.69 Å². The molecule has 3 rings (SSSR count). The van der Waals surface area contributed by atoms with E-state index >= 15 is 0 Å². The molecule has 2 unspecified atom stereocenters. The summed E-state index contributed by atoms with van der Waals surface area (Å²) in [6.45, 7) is 4.29. The second-order valence-electron chi connectivity index (χ2n) is 6.08. The molecular formula is C19H22N2O3. The standard InChI is InChI=1S/C19H22N2O3/c1-14-13-21(11-10-20-14)18(19(22)23)15-6-5-9-17(12-15)24-16-7-3-2-4-8-16/h2-9,12,14,18,20H,10-11,13H2,1H3,(H,22,23). The van der Waals surface area contributed by atoms with Crippen molar-refractivity contribution in [2.75, 3.05) is 19.6 Å². The zero-order valence-corrected chi connectivity index (χ0v) is 13.7. The Hall–Kier alpha value is -2.37. The lowest BCUT2D eigenvalue weighted by atomic mass is 10.0. The normalized spacial score (nSPS) is 19.6. The van der Waals surface area contributed by atoms with Gasteiger partial charge in [-0.05, 0) is 36.8 Å². The van der Waals surface area contributed by atoms with Gasteiger partial charge in [0.1, 0.15) is 17.5 Å². The Morgan fingerprint density at radius 1 is 1.21 bits per heavy atom. The van der Waals surface area contributed by atoms with Crippen molar-refractivity contribution in [1.82, 2.24) is 10.2 Å². The van der Waals surface area contributed by atoms with Crippen molar-refractivity contribution in [3.63, 3.8) is 0 Å². The molecule has 2 atom stereocenters. The van der Waals surface area contributed by atoms with Crippen molar-refractivity contribution < 1.29 is 14.6 Å². The van der Waals surface area contributed by atoms with E-state index in [1.165, 1.54) is 0 Å². The van der Waals surface area contributed by atoms with E-state index in [1.54, 1.807) is 0 Å². The van der Waals surface area contributed by atoms with Gasteiger partial charge in [-0.2, -0.15) is 0 Å². The van der Waals surface area contributed by atoms with Gasteiger partial charge in [0.15, 0.2) is 0 Å². The Morgan fingerprint density at radius 2 is 1.96 bits per heavy atom. The number of carboxylic acid groups (broad SMARTS) is 1. The van der Waals surface area contributed by atoms with Crippen molar-refractivity contribution in [1.29, 1.82) is 0 Å². The summed E-state index contributed by atoms with van der Waals surface area (Å²) in [6, 6.07) is 16.5. The molecule has 0 bridgehead atoms. The number of hydrogen-bond acceptors (Lipinski definition) is 4. The molecule has 5 nitrogen and oxygen atoms in total. The Morgan fingerprint density at radius 3 is 2.67 bits per heavy atom. The van der Waals surface area contributed by atoms with Gasteiger partial charge < -0.3 is 15.2 Å². The third-order valence-electron chi connectivity index (χ3n) is 4.15. The summed E-state index contributed by atoms with van der Waals surface area (Å²) in [5, 5.41) is 13.1. The van der Waals surface area contributed by atoms with Gasteiger partial charge in [-0.15, -0.1) is 0 Å². The first-order valence-corrected chi connectivity index (χ1v) is 8.16. The predicted molar refractivity (Wildman–Crippen MR) is 92.4 cm³/mol. The van der Waals surface area contributed by atoms with Crippen LogP contribution < -0.4 is 10.1 Å². The Bertz CT molecular complexity index is 690. The molecule has 0 amide bonds. The first kappa shape index (κ1) is 16.5. The van der Waals surface area contributed by atoms with Crippen LogP contribution in [-0.2, 0) is 4.79 Å². The first-order valence-electron chi connectivity index (χ1n) is 8.16. The molecule has 0 aromatic heterocycles. The smallest absolute Gasteiger partial charge is 0.325 e. The number of benzene rings is 2. The maximum atomic E-state index is 11.9. The number of ether oxygens (including phenoxy) is 1. The minimum absolute atomic E-state index is 0.282. The van der Waals surface area contributed by atoms with E-state index in [0.717, 1.165) is 17.9 Å². The fraction of sp³-hybridized carbons (Fsp3) is 0.316. The fourth-order valence-electron chi connectivity index (χ4n) is 3.08. The van der Waals surface area contributed by atoms with Gasteiger partial charge in [-0.25, -0.2) is 0 Å². The molecule has 0 radical (unpaired) electrons. The molecule has 5 heteroatoms. The summed E-state index contributed by atoms with van der Waals surface area (Å²) >= 11 is 0. The second kappa shape index (κ2) is 7.47. The number of carbonyl (C=O) groups is 1. The van der Waals surface area contributed by atoms with Crippen LogP contribution in [0.25, 0.3) is 0 Å². The number of hydrogen-bond donors (Lipinski definition) is 2. The lowest BCUT2D eigenvalue weighted by Crippen LogP contribution is -2.51. The molecule has 2 N–H and O–H groups in total. The number of nitrogens with zero attached hydrogens (tertiary/aromatic N) is 1. The molecule has 24 heavy (non-hydrogen) atoms. The van der Waals surface area contributed by atoms with Crippen LogP contribution in [0.5, 0.6) is 11.5 Å². The maximum absolute atomic E-state index is 11.9. The highest BCUT2D eigenvalue weighted by Gasteiger charge is 2.30. The minimum atomic E-state index is -0.832. The van der Waals surface area contributed by atoms with Crippen LogP contribution in [-0.4, -0.2) is 41.7 Å². The fourth-order valence-corrected chi connectivity index (χ4v) is 3.08. The SMILES string of the molecule is CC1CN(C(C(=O)O)c2cccc(Oc3ccccc3)c2)CCN1. The molecule has 126 valence electrons. The number of nitrogens with one attached hydrogen (secondary N) is 1. The van der Waals surface area contributed by atoms with Crippen molar-refractivity contribution >= 4 is 5.97 Å². The van der Waals surface area contributed by atoms with Gasteiger partial charge in [0, 0.05) is 25.7 Å². The quantitative estimate of drug-likeness (QED) is 0.885. The number of piperazine rings is 1. The molecule has 1 fully saturated rings. The summed E-state index contributed by atoms with van der Waals surface area (Å²) < 4.78 is 5.83. The van der Waals surface area contributed by atoms with Crippen LogP contribution in [0.4, 0.5) is 0 Å². The zero-order chi connectivity index (χ0) is 16.9. The number of carboxylic acids is 1. The molecule has 0 saturated carbocycles. The van der Waals surface area contributed by atoms with Gasteiger partial charge in [0.2, 0.25) is 0 Å². The molecule has 1 aliphatic rings. The van der Waals surface area contributed by atoms with Crippen LogP contribution >= 0.6 is 0 Å². The molecule has 2 aromatic carbocycles. The Labute approximate surface area is 141 Å². The average molecular weight is 326 g/mol. The Kier molecular flexibility index (Phi) is 5.13. The van der Waals surface area contributed by atoms with Crippen molar-refractivity contribution in [2.24, 2.45) is 0 Å². The predicted octanol–water partition coefficient (Wildman–Crippen LogP) is 2.90. The van der Waals surface area contributed by atoms with Crippen molar-refractivity contribution in [3.8, 4) is 11.5 Å². The molecule has 1 aliphatic heterocycles. The lowest BCUT2D eigenvalue weighted by Gasteiger charge is -2.36. The molecule has 1 heterocycles. The molecule has 1 saturated heterocycles. The van der Waals surface area contributed by atoms with E-state index in [9.17, 15) is 9.90 Å². The van der Waals surface area contributed by atoms with E-state index in [1.807, 2.05) is 59.5 Å². The third kappa shape index (κ3) is 3.93. The molecule has 0 spiro atoms. The second-order valence-corrected chi connectivity index (χ2v) is 6.08. The van der Waals surface area contributed by atoms with E-state index in [2.05, 4.69) is 12.2 Å². The van der Waals surface area contributed by atoms with Gasteiger partial charge in [-0.1, -0.05) is 30.3 Å². The largest absolute Gasteiger partial charge is 0.480 e. The summed E-state index contributed by atoms with van der Waals surface area (Å²) in [5.74, 6) is 0.548. The highest BCUT2D eigenvalue weighted by molar-refractivity contribution is 5.75. The van der Waals surface area contributed by atoms with Gasteiger partial charge in [0.05, 0.1) is 0 Å². The summed E-state index contributed by atoms with van der Waals surface area (Å²) in [5.41, 5.74) is 0.741. The number of para-hydroxylation sites is 1. The van der Waals surface area contributed by atoms with E-state index in [4.69, 9.17) is 4.74 Å². The summed E-state index contributed by atoms with van der Waals surface area (Å²) in [6.07, 6.45) is 0. The van der Waals surface area contributed by atoms with E-state index in [-0.39, 0.29) is 6.04 Å². The summed E-state index contributed by atoms with van der Waals surface area (Å²) in [7, 11) is 0. The number of aliphatic carboxylic acids is 1. The summed E-state index contributed by atoms with van der Waals surface area (Å²) in [4.78, 5) is 13.9. The van der Waals surface area contributed by atoms with Gasteiger partial charge in [0.25, 0.3) is 0 Å². The topological polar surface area (TPSA) is 61.8 Å². The highest BCUT2D eigenvalue weighted by atomic mass is 16.5. The van der Waals surface area contributed by atoms with Crippen molar-refractivity contribution in [2.45, 2.75) is 19.0 Å². The van der Waals surface area contributed by atoms with Crippen molar-refractivity contribution in [3.05, 3.63) is 60.2 Å². The average Bonchev–Trinajstić information content (AvgIpc) is 2.56. The van der Waals surface area contributed by atoms with Crippen LogP contribution in [0.3, 0.4) is 0 Å². The van der Waals surface area contributed by atoms with E-state index in [0.29, 0.717) is 18.8 Å². The molecule has 2 aromatic rings. The van der Waals surface area contributed by atoms with Gasteiger partial charge >= 0.3 is 5.97 Å². The maximum Gasteiger partial charge on any atom is 0.325 e. The molecular weight excluding hydrogens is 304 g/mol. The monoisotopic (exact) mass is 326 g/mol. The number of rotatable bonds is 5. The van der Waals surface area contributed by atoms with E-state index < -0.39 is 12.0 Å². The van der Waals surface area contributed by atoms with Crippen LogP contribution in [0.1, 0.15) is 18.5 Å². The highest BCUT2D eigenvalue weighted by Crippen LogP contribution is 2.28. The van der Waals surface area contributed by atoms with Crippen LogP contribution in [0.15, 0.2) is 54.6 Å². The lowest BCUT2D eigenvalue weighted by molar-refractivity contribution is -0.144. The Balaban J connectivity index is 1.83. The van der Waals surface area contributed by atoms with Crippen LogP contribution in [0.2, 0.25) is 0 Å².